The zero-order valence-corrected chi connectivity index (χ0v) is 19.4. The van der Waals surface area contributed by atoms with Crippen molar-refractivity contribution in [2.75, 3.05) is 0 Å². The van der Waals surface area contributed by atoms with E-state index in [1.165, 1.54) is 0 Å². The fraction of sp³-hybridized carbons (Fsp3) is 0. The van der Waals surface area contributed by atoms with Crippen LogP contribution in [0, 0.1) is 0 Å². The Morgan fingerprint density at radius 2 is 1.11 bits per heavy atom. The molecule has 0 aliphatic heterocycles. The van der Waals surface area contributed by atoms with Crippen LogP contribution in [0.3, 0.4) is 0 Å². The molecule has 0 N–H and O–H groups in total. The average molecular weight is 464 g/mol. The van der Waals surface area contributed by atoms with Crippen molar-refractivity contribution in [3.8, 4) is 22.8 Å². The number of aromatic nitrogens is 3. The van der Waals surface area contributed by atoms with Crippen LogP contribution in [-0.2, 0) is 0 Å². The summed E-state index contributed by atoms with van der Waals surface area (Å²) < 4.78 is 4.01. The molecule has 2 heterocycles. The summed E-state index contributed by atoms with van der Waals surface area (Å²) in [6.07, 6.45) is 0. The Morgan fingerprint density at radius 3 is 1.86 bits per heavy atom. The van der Waals surface area contributed by atoms with Crippen LogP contribution in [0.25, 0.3) is 55.5 Å². The first-order valence-corrected chi connectivity index (χ1v) is 12.0. The Labute approximate surface area is 207 Å². The van der Waals surface area contributed by atoms with Crippen molar-refractivity contribution < 1.29 is 0 Å². The van der Waals surface area contributed by atoms with Gasteiger partial charge < -0.3 is 0 Å². The van der Waals surface area contributed by atoms with E-state index >= 15 is 0 Å². The van der Waals surface area contributed by atoms with E-state index < -0.39 is 0 Å². The summed E-state index contributed by atoms with van der Waals surface area (Å²) in [5.41, 5.74) is 5.74. The summed E-state index contributed by atoms with van der Waals surface area (Å²) in [5.74, 6) is 0.867. The molecule has 0 unspecified atom stereocenters. The minimum atomic E-state index is -0.0198. The molecule has 5 aromatic carbocycles. The minimum absolute atomic E-state index is 0.0198. The summed E-state index contributed by atoms with van der Waals surface area (Å²) >= 11 is 0. The van der Waals surface area contributed by atoms with Gasteiger partial charge in [-0.15, -0.1) is 0 Å². The van der Waals surface area contributed by atoms with Crippen molar-refractivity contribution in [1.29, 1.82) is 0 Å². The zero-order valence-electron chi connectivity index (χ0n) is 19.4. The van der Waals surface area contributed by atoms with Crippen LogP contribution < -0.4 is 5.56 Å². The third-order valence-electron chi connectivity index (χ3n) is 6.74. The van der Waals surface area contributed by atoms with Crippen LogP contribution in [0.1, 0.15) is 0 Å². The van der Waals surface area contributed by atoms with Crippen molar-refractivity contribution in [2.45, 2.75) is 0 Å². The second-order valence-corrected chi connectivity index (χ2v) is 8.85. The highest BCUT2D eigenvalue weighted by atomic mass is 16.1. The largest absolute Gasteiger partial charge is 0.292 e. The van der Waals surface area contributed by atoms with Gasteiger partial charge in [0, 0.05) is 27.7 Å². The summed E-state index contributed by atoms with van der Waals surface area (Å²) in [5, 5.41) is 2.65. The number of imidazole rings is 1. The molecule has 0 radical (unpaired) electrons. The van der Waals surface area contributed by atoms with Crippen LogP contribution >= 0.6 is 0 Å². The van der Waals surface area contributed by atoms with Gasteiger partial charge in [-0.1, -0.05) is 66.7 Å². The highest BCUT2D eigenvalue weighted by Crippen LogP contribution is 2.33. The zero-order chi connectivity index (χ0) is 24.1. The Hall–Kier alpha value is -4.96. The van der Waals surface area contributed by atoms with E-state index in [4.69, 9.17) is 4.98 Å². The summed E-state index contributed by atoms with van der Waals surface area (Å²) in [4.78, 5) is 18.6. The van der Waals surface area contributed by atoms with Crippen molar-refractivity contribution in [3.05, 3.63) is 138 Å². The van der Waals surface area contributed by atoms with Gasteiger partial charge in [-0.05, 0) is 66.0 Å². The lowest BCUT2D eigenvalue weighted by Crippen LogP contribution is -2.19. The maximum Gasteiger partial charge on any atom is 0.263 e. The predicted octanol–water partition coefficient (Wildman–Crippen LogP) is 7.15. The molecule has 0 aliphatic carbocycles. The number of rotatable bonds is 3. The van der Waals surface area contributed by atoms with Gasteiger partial charge in [0.2, 0.25) is 0 Å². The Kier molecular flexibility index (Phi) is 4.57. The number of fused-ring (bicyclic) bond motifs is 4. The van der Waals surface area contributed by atoms with Gasteiger partial charge in [-0.2, -0.15) is 0 Å². The van der Waals surface area contributed by atoms with E-state index in [9.17, 15) is 4.79 Å². The lowest BCUT2D eigenvalue weighted by atomic mass is 10.0. The Balaban J connectivity index is 1.58. The second-order valence-electron chi connectivity index (χ2n) is 8.85. The predicted molar refractivity (Wildman–Crippen MR) is 147 cm³/mol. The molecule has 0 saturated carbocycles. The summed E-state index contributed by atoms with van der Waals surface area (Å²) in [7, 11) is 0. The van der Waals surface area contributed by atoms with Crippen LogP contribution in [0.2, 0.25) is 0 Å². The van der Waals surface area contributed by atoms with E-state index in [1.807, 2.05) is 102 Å². The molecular weight excluding hydrogens is 442 g/mol. The molecule has 36 heavy (non-hydrogen) atoms. The van der Waals surface area contributed by atoms with E-state index in [-0.39, 0.29) is 5.56 Å². The number of pyridine rings is 1. The lowest BCUT2D eigenvalue weighted by molar-refractivity contribution is 1.06. The molecule has 0 saturated heterocycles. The van der Waals surface area contributed by atoms with Gasteiger partial charge in [0.1, 0.15) is 5.82 Å². The summed E-state index contributed by atoms with van der Waals surface area (Å²) in [6.45, 7) is 0. The normalized spacial score (nSPS) is 11.4. The van der Waals surface area contributed by atoms with E-state index in [0.717, 1.165) is 50.1 Å². The molecule has 0 bridgehead atoms. The maximum atomic E-state index is 13.6. The molecule has 7 rings (SSSR count). The number of hydrogen-bond donors (Lipinski definition) is 0. The Bertz CT molecular complexity index is 1950. The molecular formula is C32H21N3O. The molecule has 4 nitrogen and oxygen atoms in total. The first kappa shape index (κ1) is 20.4. The molecule has 0 spiro atoms. The molecule has 0 fully saturated rings. The summed E-state index contributed by atoms with van der Waals surface area (Å²) in [6, 6.07) is 42.4. The van der Waals surface area contributed by atoms with Crippen LogP contribution in [0.5, 0.6) is 0 Å². The maximum absolute atomic E-state index is 13.6. The van der Waals surface area contributed by atoms with Crippen LogP contribution in [-0.4, -0.2) is 14.1 Å². The second kappa shape index (κ2) is 8.07. The molecule has 170 valence electrons. The fourth-order valence-corrected chi connectivity index (χ4v) is 5.11. The fourth-order valence-electron chi connectivity index (χ4n) is 5.11. The molecule has 0 atom stereocenters. The number of para-hydroxylation sites is 4. The molecule has 4 heteroatoms. The van der Waals surface area contributed by atoms with Crippen molar-refractivity contribution in [3.63, 3.8) is 0 Å². The Morgan fingerprint density at radius 1 is 0.500 bits per heavy atom. The van der Waals surface area contributed by atoms with Gasteiger partial charge >= 0.3 is 0 Å². The average Bonchev–Trinajstić information content (AvgIpc) is 3.34. The number of hydrogen-bond acceptors (Lipinski definition) is 2. The monoisotopic (exact) mass is 463 g/mol. The third-order valence-corrected chi connectivity index (χ3v) is 6.74. The lowest BCUT2D eigenvalue weighted by Gasteiger charge is -2.15. The van der Waals surface area contributed by atoms with E-state index in [0.29, 0.717) is 5.39 Å². The molecule has 0 aliphatic rings. The van der Waals surface area contributed by atoms with Gasteiger partial charge in [-0.25, -0.2) is 4.98 Å². The third kappa shape index (κ3) is 3.08. The van der Waals surface area contributed by atoms with Crippen LogP contribution in [0.4, 0.5) is 0 Å². The van der Waals surface area contributed by atoms with E-state index in [1.54, 1.807) is 0 Å². The van der Waals surface area contributed by atoms with Crippen molar-refractivity contribution in [2.24, 2.45) is 0 Å². The quantitative estimate of drug-likeness (QED) is 0.261. The number of nitrogens with zero attached hydrogens (tertiary/aromatic N) is 3. The van der Waals surface area contributed by atoms with Gasteiger partial charge in [0.05, 0.1) is 16.6 Å². The van der Waals surface area contributed by atoms with E-state index in [2.05, 4.69) is 34.9 Å². The SMILES string of the molecule is O=c1c2ccccc2c2cc(-c3nc4ccccc4n3-c3ccccc3)ccc2n1-c1ccccc1. The standard InChI is InChI=1S/C32H21N3O/c36-32-26-16-8-7-15-25(26)27-21-22(19-20-29(27)35(32)24-13-5-2-6-14-24)31-33-28-17-9-10-18-30(28)34(31)23-11-3-1-4-12-23/h1-21H. The van der Waals surface area contributed by atoms with Gasteiger partial charge in [0.15, 0.2) is 0 Å². The highest BCUT2D eigenvalue weighted by Gasteiger charge is 2.17. The first-order valence-electron chi connectivity index (χ1n) is 12.0. The number of benzene rings is 5. The van der Waals surface area contributed by atoms with Crippen molar-refractivity contribution >= 4 is 32.7 Å². The molecule has 2 aromatic heterocycles. The van der Waals surface area contributed by atoms with Gasteiger partial charge in [-0.3, -0.25) is 13.9 Å². The molecule has 7 aromatic rings. The van der Waals surface area contributed by atoms with Crippen molar-refractivity contribution in [1.82, 2.24) is 14.1 Å². The van der Waals surface area contributed by atoms with Gasteiger partial charge in [0.25, 0.3) is 5.56 Å². The molecule has 0 amide bonds. The smallest absolute Gasteiger partial charge is 0.263 e. The highest BCUT2D eigenvalue weighted by molar-refractivity contribution is 6.07. The topological polar surface area (TPSA) is 39.8 Å². The first-order chi connectivity index (χ1) is 17.8. The van der Waals surface area contributed by atoms with Crippen LogP contribution in [0.15, 0.2) is 132 Å². The minimum Gasteiger partial charge on any atom is -0.292 e.